The summed E-state index contributed by atoms with van der Waals surface area (Å²) in [6, 6.07) is 6.26. The topological polar surface area (TPSA) is 20.3 Å². The molecule has 2 rings (SSSR count). The van der Waals surface area contributed by atoms with Crippen molar-refractivity contribution in [1.82, 2.24) is 4.90 Å². The van der Waals surface area contributed by atoms with Gasteiger partial charge in [0.2, 0.25) is 0 Å². The number of carbonyl (C=O) groups excluding carboxylic acids is 1. The Morgan fingerprint density at radius 1 is 1.16 bits per heavy atom. The van der Waals surface area contributed by atoms with E-state index in [4.69, 9.17) is 0 Å². The van der Waals surface area contributed by atoms with Gasteiger partial charge in [0.25, 0.3) is 0 Å². The molecule has 0 aromatic heterocycles. The van der Waals surface area contributed by atoms with Gasteiger partial charge in [-0.2, -0.15) is 0 Å². The molecule has 2 nitrogen and oxygen atoms in total. The van der Waals surface area contributed by atoms with Crippen molar-refractivity contribution >= 4 is 5.78 Å². The molecule has 3 heteroatoms. The Labute approximate surface area is 114 Å². The van der Waals surface area contributed by atoms with Crippen molar-refractivity contribution in [2.75, 3.05) is 14.1 Å². The highest BCUT2D eigenvalue weighted by Crippen LogP contribution is 2.33. The molecule has 1 aromatic carbocycles. The van der Waals surface area contributed by atoms with Gasteiger partial charge in [-0.25, -0.2) is 4.39 Å². The summed E-state index contributed by atoms with van der Waals surface area (Å²) in [7, 11) is 3.99. The summed E-state index contributed by atoms with van der Waals surface area (Å²) in [4.78, 5) is 14.8. The summed E-state index contributed by atoms with van der Waals surface area (Å²) >= 11 is 0. The van der Waals surface area contributed by atoms with Crippen LogP contribution in [0.2, 0.25) is 0 Å². The molecule has 0 N–H and O–H groups in total. The van der Waals surface area contributed by atoms with E-state index in [0.29, 0.717) is 6.42 Å². The van der Waals surface area contributed by atoms with Gasteiger partial charge in [-0.3, -0.25) is 9.69 Å². The fourth-order valence-electron chi connectivity index (χ4n) is 3.06. The van der Waals surface area contributed by atoms with Crippen LogP contribution in [-0.2, 0) is 11.2 Å². The third-order valence-electron chi connectivity index (χ3n) is 4.33. The van der Waals surface area contributed by atoms with Gasteiger partial charge in [0, 0.05) is 6.42 Å². The first-order chi connectivity index (χ1) is 9.04. The van der Waals surface area contributed by atoms with Crippen molar-refractivity contribution in [2.45, 2.75) is 44.1 Å². The lowest BCUT2D eigenvalue weighted by Crippen LogP contribution is -2.53. The minimum absolute atomic E-state index is 0.254. The van der Waals surface area contributed by atoms with Crippen LogP contribution in [0.3, 0.4) is 0 Å². The molecule has 1 aromatic rings. The SMILES string of the molecule is CN(C)C1(C(=O)Cc2ccc(F)cc2)CCCCC1. The van der Waals surface area contributed by atoms with E-state index >= 15 is 0 Å². The second kappa shape index (κ2) is 5.83. The highest BCUT2D eigenvalue weighted by molar-refractivity contribution is 5.90. The number of Topliss-reactive ketones (excluding diaryl/α,β-unsaturated/α-hetero) is 1. The standard InChI is InChI=1S/C16H22FNO/c1-18(2)16(10-4-3-5-11-16)15(19)12-13-6-8-14(17)9-7-13/h6-9H,3-5,10-12H2,1-2H3. The van der Waals surface area contributed by atoms with E-state index in [1.54, 1.807) is 12.1 Å². The Bertz CT molecular complexity index is 433. The van der Waals surface area contributed by atoms with Crippen molar-refractivity contribution < 1.29 is 9.18 Å². The predicted octanol–water partition coefficient (Wildman–Crippen LogP) is 3.20. The number of hydrogen-bond donors (Lipinski definition) is 0. The number of carbonyl (C=O) groups is 1. The third-order valence-corrected chi connectivity index (χ3v) is 4.33. The zero-order chi connectivity index (χ0) is 13.9. The van der Waals surface area contributed by atoms with Crippen LogP contribution in [0.5, 0.6) is 0 Å². The van der Waals surface area contributed by atoms with Crippen LogP contribution in [0.1, 0.15) is 37.7 Å². The van der Waals surface area contributed by atoms with E-state index < -0.39 is 0 Å². The molecule has 0 unspecified atom stereocenters. The van der Waals surface area contributed by atoms with Crippen LogP contribution >= 0.6 is 0 Å². The van der Waals surface area contributed by atoms with Gasteiger partial charge in [-0.1, -0.05) is 31.4 Å². The Balaban J connectivity index is 2.14. The number of halogens is 1. The molecule has 0 aliphatic heterocycles. The Morgan fingerprint density at radius 2 is 1.74 bits per heavy atom. The Hall–Kier alpha value is -1.22. The zero-order valence-electron chi connectivity index (χ0n) is 11.8. The first-order valence-electron chi connectivity index (χ1n) is 7.00. The molecule has 0 spiro atoms. The van der Waals surface area contributed by atoms with E-state index in [-0.39, 0.29) is 17.1 Å². The molecular weight excluding hydrogens is 241 g/mol. The quantitative estimate of drug-likeness (QED) is 0.831. The van der Waals surface area contributed by atoms with Crippen molar-refractivity contribution in [1.29, 1.82) is 0 Å². The number of likely N-dealkylation sites (N-methyl/N-ethyl adjacent to an activating group) is 1. The second-order valence-corrected chi connectivity index (χ2v) is 5.71. The number of ketones is 1. The molecule has 0 radical (unpaired) electrons. The molecule has 19 heavy (non-hydrogen) atoms. The minimum atomic E-state index is -0.313. The van der Waals surface area contributed by atoms with Crippen molar-refractivity contribution in [3.8, 4) is 0 Å². The molecule has 0 bridgehead atoms. The van der Waals surface area contributed by atoms with E-state index in [2.05, 4.69) is 4.90 Å². The van der Waals surface area contributed by atoms with Gasteiger partial charge in [0.15, 0.2) is 5.78 Å². The van der Waals surface area contributed by atoms with Gasteiger partial charge >= 0.3 is 0 Å². The lowest BCUT2D eigenvalue weighted by Gasteiger charge is -2.41. The van der Waals surface area contributed by atoms with Crippen LogP contribution in [0, 0.1) is 5.82 Å². The number of hydrogen-bond acceptors (Lipinski definition) is 2. The Morgan fingerprint density at radius 3 is 2.26 bits per heavy atom. The summed E-state index contributed by atoms with van der Waals surface area (Å²) in [5.74, 6) is 0.0139. The first kappa shape index (κ1) is 14.2. The normalized spacial score (nSPS) is 18.5. The monoisotopic (exact) mass is 263 g/mol. The highest BCUT2D eigenvalue weighted by Gasteiger charge is 2.40. The molecule has 1 saturated carbocycles. The maximum atomic E-state index is 12.9. The largest absolute Gasteiger partial charge is 0.297 e. The fourth-order valence-corrected chi connectivity index (χ4v) is 3.06. The van der Waals surface area contributed by atoms with Crippen LogP contribution < -0.4 is 0 Å². The fraction of sp³-hybridized carbons (Fsp3) is 0.562. The predicted molar refractivity (Wildman–Crippen MR) is 74.6 cm³/mol. The first-order valence-corrected chi connectivity index (χ1v) is 7.00. The molecule has 0 amide bonds. The summed E-state index contributed by atoms with van der Waals surface area (Å²) in [5.41, 5.74) is 0.588. The summed E-state index contributed by atoms with van der Waals surface area (Å²) in [5, 5.41) is 0. The lowest BCUT2D eigenvalue weighted by molar-refractivity contribution is -0.131. The highest BCUT2D eigenvalue weighted by atomic mass is 19.1. The van der Waals surface area contributed by atoms with Gasteiger partial charge in [-0.15, -0.1) is 0 Å². The van der Waals surface area contributed by atoms with Crippen molar-refractivity contribution in [3.63, 3.8) is 0 Å². The third kappa shape index (κ3) is 3.03. The molecule has 0 heterocycles. The van der Waals surface area contributed by atoms with Gasteiger partial charge in [0.05, 0.1) is 5.54 Å². The van der Waals surface area contributed by atoms with E-state index in [1.807, 2.05) is 14.1 Å². The Kier molecular flexibility index (Phi) is 4.35. The summed E-state index contributed by atoms with van der Waals surface area (Å²) in [6.45, 7) is 0. The molecule has 0 atom stereocenters. The maximum absolute atomic E-state index is 12.9. The molecule has 1 fully saturated rings. The van der Waals surface area contributed by atoms with E-state index in [0.717, 1.165) is 31.2 Å². The van der Waals surface area contributed by atoms with E-state index in [9.17, 15) is 9.18 Å². The van der Waals surface area contributed by atoms with E-state index in [1.165, 1.54) is 18.6 Å². The maximum Gasteiger partial charge on any atom is 0.157 e. The molecule has 1 aliphatic carbocycles. The molecule has 104 valence electrons. The van der Waals surface area contributed by atoms with Gasteiger partial charge in [-0.05, 0) is 44.6 Å². The lowest BCUT2D eigenvalue weighted by atomic mass is 9.76. The average Bonchev–Trinajstić information content (AvgIpc) is 2.42. The van der Waals surface area contributed by atoms with Crippen LogP contribution in [0.15, 0.2) is 24.3 Å². The number of nitrogens with zero attached hydrogens (tertiary/aromatic N) is 1. The van der Waals surface area contributed by atoms with Crippen LogP contribution in [0.25, 0.3) is 0 Å². The zero-order valence-corrected chi connectivity index (χ0v) is 11.8. The number of rotatable bonds is 4. The molecule has 0 saturated heterocycles. The van der Waals surface area contributed by atoms with Crippen molar-refractivity contribution in [2.24, 2.45) is 0 Å². The molecule has 1 aliphatic rings. The van der Waals surface area contributed by atoms with Crippen molar-refractivity contribution in [3.05, 3.63) is 35.6 Å². The minimum Gasteiger partial charge on any atom is -0.297 e. The smallest absolute Gasteiger partial charge is 0.157 e. The van der Waals surface area contributed by atoms with Crippen LogP contribution in [0.4, 0.5) is 4.39 Å². The molecular formula is C16H22FNO. The average molecular weight is 263 g/mol. The van der Waals surface area contributed by atoms with Gasteiger partial charge < -0.3 is 0 Å². The van der Waals surface area contributed by atoms with Gasteiger partial charge in [0.1, 0.15) is 5.82 Å². The summed E-state index contributed by atoms with van der Waals surface area (Å²) < 4.78 is 12.9. The summed E-state index contributed by atoms with van der Waals surface area (Å²) in [6.07, 6.45) is 5.75. The number of benzene rings is 1. The second-order valence-electron chi connectivity index (χ2n) is 5.71. The van der Waals surface area contributed by atoms with Crippen LogP contribution in [-0.4, -0.2) is 30.3 Å².